The first-order chi connectivity index (χ1) is 24.1. The Labute approximate surface area is 291 Å². The van der Waals surface area contributed by atoms with Gasteiger partial charge in [0.1, 0.15) is 17.7 Å². The lowest BCUT2D eigenvalue weighted by atomic mass is 9.85. The third-order valence-electron chi connectivity index (χ3n) is 9.56. The van der Waals surface area contributed by atoms with E-state index in [2.05, 4.69) is 65.7 Å². The van der Waals surface area contributed by atoms with Gasteiger partial charge in [0.2, 0.25) is 0 Å². The van der Waals surface area contributed by atoms with E-state index in [-0.39, 0.29) is 36.2 Å². The van der Waals surface area contributed by atoms with E-state index >= 15 is 0 Å². The van der Waals surface area contributed by atoms with E-state index in [1.807, 2.05) is 47.0 Å². The number of esters is 1. The Morgan fingerprint density at radius 2 is 1.78 bits per heavy atom. The molecule has 2 aromatic carbocycles. The maximum atomic E-state index is 13.6. The molecule has 2 N–H and O–H groups in total. The molecule has 1 aliphatic heterocycles. The summed E-state index contributed by atoms with van der Waals surface area (Å²) in [5, 5.41) is 20.0. The van der Waals surface area contributed by atoms with E-state index in [4.69, 9.17) is 14.6 Å². The number of hydrogen-bond acceptors (Lipinski definition) is 8. The molecule has 2 aliphatic rings. The number of likely N-dealkylation sites (tertiary alicyclic amines) is 1. The molecule has 5 aromatic rings. The third kappa shape index (κ3) is 6.67. The maximum absolute atomic E-state index is 13.6. The van der Waals surface area contributed by atoms with Crippen LogP contribution in [0.15, 0.2) is 72.9 Å². The van der Waals surface area contributed by atoms with Crippen LogP contribution in [0.4, 0.5) is 10.6 Å². The molecule has 1 aliphatic carbocycles. The van der Waals surface area contributed by atoms with Crippen LogP contribution in [0.3, 0.4) is 0 Å². The second kappa shape index (κ2) is 13.6. The molecule has 1 saturated heterocycles. The van der Waals surface area contributed by atoms with Crippen LogP contribution in [0, 0.1) is 0 Å². The van der Waals surface area contributed by atoms with Crippen molar-refractivity contribution in [2.45, 2.75) is 77.0 Å². The second-order valence-corrected chi connectivity index (χ2v) is 14.1. The highest BCUT2D eigenvalue weighted by molar-refractivity contribution is 5.91. The van der Waals surface area contributed by atoms with Crippen molar-refractivity contribution >= 4 is 23.5 Å². The largest absolute Gasteiger partial charge is 0.484 e. The summed E-state index contributed by atoms with van der Waals surface area (Å²) in [5.41, 5.74) is 4.42. The number of ether oxygens (including phenoxy) is 2. The third-order valence-corrected chi connectivity index (χ3v) is 9.56. The number of nitrogens with zero attached hydrogens (tertiary/aromatic N) is 6. The van der Waals surface area contributed by atoms with Gasteiger partial charge in [-0.05, 0) is 87.7 Å². The van der Waals surface area contributed by atoms with Crippen molar-refractivity contribution in [1.82, 2.24) is 34.6 Å². The lowest BCUT2D eigenvalue weighted by Crippen LogP contribution is -2.36. The van der Waals surface area contributed by atoms with Gasteiger partial charge in [0, 0.05) is 11.5 Å². The number of benzene rings is 2. The van der Waals surface area contributed by atoms with Gasteiger partial charge in [-0.3, -0.25) is 14.6 Å². The van der Waals surface area contributed by atoms with Crippen LogP contribution in [0.2, 0.25) is 0 Å². The van der Waals surface area contributed by atoms with Crippen molar-refractivity contribution in [3.8, 4) is 11.4 Å². The number of fused-ring (bicyclic) bond motifs is 2. The average molecular weight is 677 g/mol. The van der Waals surface area contributed by atoms with Crippen LogP contribution in [-0.4, -0.2) is 61.5 Å². The number of carbonyl (C=O) groups excluding carboxylic acids is 2. The van der Waals surface area contributed by atoms with Crippen LogP contribution in [0.25, 0.3) is 11.3 Å². The molecule has 2 amide bonds. The summed E-state index contributed by atoms with van der Waals surface area (Å²) in [5.74, 6) is 1.76. The Kier molecular flexibility index (Phi) is 9.04. The molecular weight excluding hydrogens is 632 g/mol. The van der Waals surface area contributed by atoms with Crippen molar-refractivity contribution in [3.63, 3.8) is 0 Å². The summed E-state index contributed by atoms with van der Waals surface area (Å²) in [7, 11) is 2.13. The summed E-state index contributed by atoms with van der Waals surface area (Å²) < 4.78 is 15.5. The van der Waals surface area contributed by atoms with Crippen molar-refractivity contribution in [2.75, 3.05) is 25.5 Å². The first kappa shape index (κ1) is 33.3. The van der Waals surface area contributed by atoms with E-state index in [1.54, 1.807) is 29.8 Å². The van der Waals surface area contributed by atoms with Crippen LogP contribution in [0.1, 0.15) is 105 Å². The van der Waals surface area contributed by atoms with E-state index in [0.29, 0.717) is 29.9 Å². The zero-order valence-corrected chi connectivity index (χ0v) is 29.2. The lowest BCUT2D eigenvalue weighted by Gasteiger charge is -2.32. The number of hydrogen-bond donors (Lipinski definition) is 2. The molecule has 3 atom stereocenters. The minimum absolute atomic E-state index is 0.179. The molecule has 12 heteroatoms. The minimum atomic E-state index is -0.413. The molecule has 3 aromatic heterocycles. The van der Waals surface area contributed by atoms with Crippen LogP contribution in [0.5, 0.6) is 5.75 Å². The van der Waals surface area contributed by atoms with Crippen molar-refractivity contribution in [2.24, 2.45) is 0 Å². The summed E-state index contributed by atoms with van der Waals surface area (Å²) in [6.07, 6.45) is 5.42. The van der Waals surface area contributed by atoms with E-state index in [1.165, 1.54) is 0 Å². The van der Waals surface area contributed by atoms with Gasteiger partial charge in [0.15, 0.2) is 11.5 Å². The zero-order chi connectivity index (χ0) is 35.0. The highest BCUT2D eigenvalue weighted by atomic mass is 16.5. The first-order valence-corrected chi connectivity index (χ1v) is 17.3. The quantitative estimate of drug-likeness (QED) is 0.169. The van der Waals surface area contributed by atoms with Crippen molar-refractivity contribution in [1.29, 1.82) is 0 Å². The van der Waals surface area contributed by atoms with Crippen molar-refractivity contribution < 1.29 is 19.1 Å². The summed E-state index contributed by atoms with van der Waals surface area (Å²) >= 11 is 0. The Hall–Kier alpha value is -5.23. The highest BCUT2D eigenvalue weighted by Gasteiger charge is 2.31. The molecule has 7 rings (SSSR count). The number of anilines is 1. The monoisotopic (exact) mass is 676 g/mol. The molecule has 12 nitrogen and oxygen atoms in total. The molecule has 1 fully saturated rings. The maximum Gasteiger partial charge on any atom is 0.338 e. The standard InChI is InChI=1S/C38H44N8O4/c1-6-49-36(47)24-11-9-12-25(21-24)46-34(22-32(43-46)38(2,3)4)40-37(48)39-29-17-18-31(28-14-8-7-13-27(28)29)50-26-16-19-33-41-42-35(45(33)23-26)30-15-10-20-44(30)5/h7-9,11-14,16,19,21-23,29-31H,6,10,15,17-18,20H2,1-5H3,(H2,39,40,48)/t29-,30-,31+/m0/s1. The zero-order valence-electron chi connectivity index (χ0n) is 29.2. The highest BCUT2D eigenvalue weighted by Crippen LogP contribution is 2.39. The molecular formula is C38H44N8O4. The molecule has 0 saturated carbocycles. The summed E-state index contributed by atoms with van der Waals surface area (Å²) in [4.78, 5) is 28.4. The molecule has 4 heterocycles. The van der Waals surface area contributed by atoms with Crippen LogP contribution in [-0.2, 0) is 10.2 Å². The number of urea groups is 1. The Bertz CT molecular complexity index is 2030. The van der Waals surface area contributed by atoms with Gasteiger partial charge < -0.3 is 14.8 Å². The molecule has 0 bridgehead atoms. The fourth-order valence-corrected chi connectivity index (χ4v) is 6.93. The number of carbonyl (C=O) groups is 2. The smallest absolute Gasteiger partial charge is 0.338 e. The second-order valence-electron chi connectivity index (χ2n) is 14.1. The van der Waals surface area contributed by atoms with Gasteiger partial charge in [-0.25, -0.2) is 14.3 Å². The lowest BCUT2D eigenvalue weighted by molar-refractivity contribution is 0.0526. The fourth-order valence-electron chi connectivity index (χ4n) is 6.93. The molecule has 0 spiro atoms. The van der Waals surface area contributed by atoms with Gasteiger partial charge in [0.05, 0.1) is 41.8 Å². The predicted octanol–water partition coefficient (Wildman–Crippen LogP) is 6.93. The van der Waals surface area contributed by atoms with E-state index in [0.717, 1.165) is 53.4 Å². The van der Waals surface area contributed by atoms with Gasteiger partial charge >= 0.3 is 12.0 Å². The molecule has 0 unspecified atom stereocenters. The predicted molar refractivity (Wildman–Crippen MR) is 190 cm³/mol. The Balaban J connectivity index is 1.09. The molecule has 0 radical (unpaired) electrons. The fraction of sp³-hybridized carbons (Fsp3) is 0.395. The first-order valence-electron chi connectivity index (χ1n) is 17.3. The number of pyridine rings is 1. The van der Waals surface area contributed by atoms with Crippen molar-refractivity contribution in [3.05, 3.63) is 101 Å². The minimum Gasteiger partial charge on any atom is -0.484 e. The Morgan fingerprint density at radius 1 is 0.960 bits per heavy atom. The van der Waals surface area contributed by atoms with Gasteiger partial charge in [-0.1, -0.05) is 51.1 Å². The number of amides is 2. The van der Waals surface area contributed by atoms with E-state index in [9.17, 15) is 9.59 Å². The number of nitrogens with one attached hydrogen (secondary N) is 2. The average Bonchev–Trinajstić information content (AvgIpc) is 3.84. The SMILES string of the molecule is CCOC(=O)c1cccc(-n2nc(C(C)(C)C)cc2NC(=O)N[C@H]2CC[C@@H](Oc3ccc4nnc([C@@H]5CCCN5C)n4c3)c3ccccc32)c1. The van der Waals surface area contributed by atoms with Gasteiger partial charge in [-0.15, -0.1) is 10.2 Å². The van der Waals surface area contributed by atoms with Crippen LogP contribution < -0.4 is 15.4 Å². The van der Waals surface area contributed by atoms with Gasteiger partial charge in [-0.2, -0.15) is 5.10 Å². The van der Waals surface area contributed by atoms with Gasteiger partial charge in [0.25, 0.3) is 0 Å². The molecule has 50 heavy (non-hydrogen) atoms. The summed E-state index contributed by atoms with van der Waals surface area (Å²) in [6, 6.07) is 20.6. The van der Waals surface area contributed by atoms with E-state index < -0.39 is 5.97 Å². The van der Waals surface area contributed by atoms with Crippen LogP contribution >= 0.6 is 0 Å². The topological polar surface area (TPSA) is 128 Å². The molecule has 260 valence electrons. The Morgan fingerprint density at radius 3 is 2.54 bits per heavy atom. The normalized spacial score (nSPS) is 19.3. The summed E-state index contributed by atoms with van der Waals surface area (Å²) in [6.45, 7) is 9.29. The number of rotatable bonds is 8. The number of aromatic nitrogens is 5.